The normalized spacial score (nSPS) is 27.4. The van der Waals surface area contributed by atoms with Gasteiger partial charge in [-0.05, 0) is 69.3 Å². The van der Waals surface area contributed by atoms with Crippen molar-refractivity contribution in [1.29, 1.82) is 0 Å². The van der Waals surface area contributed by atoms with Crippen molar-refractivity contribution in [1.82, 2.24) is 15.4 Å². The highest BCUT2D eigenvalue weighted by Gasteiger charge is 2.38. The van der Waals surface area contributed by atoms with Crippen LogP contribution in [0.3, 0.4) is 0 Å². The van der Waals surface area contributed by atoms with E-state index < -0.39 is 10.2 Å². The van der Waals surface area contributed by atoms with Gasteiger partial charge >= 0.3 is 0 Å². The Morgan fingerprint density at radius 1 is 1.19 bits per heavy atom. The standard InChI is InChI=1S/C19H32N4O3S/c1-26-18-4-2-3-15(13-18)19(14-22-27(20,24)25)9-5-16(6-10-19)23-17-7-11-21-12-8-17/h2-4,13,16-17,21-23H,5-12,14H2,1H3,(H2,20,24,25). The molecule has 1 aromatic rings. The molecule has 1 aromatic carbocycles. The predicted octanol–water partition coefficient (Wildman–Crippen LogP) is 1.01. The van der Waals surface area contributed by atoms with Crippen molar-refractivity contribution < 1.29 is 13.2 Å². The van der Waals surface area contributed by atoms with Gasteiger partial charge in [0.25, 0.3) is 10.2 Å². The van der Waals surface area contributed by atoms with Crippen LogP contribution in [0, 0.1) is 0 Å². The molecule has 0 atom stereocenters. The highest BCUT2D eigenvalue weighted by molar-refractivity contribution is 7.87. The molecule has 0 aromatic heterocycles. The largest absolute Gasteiger partial charge is 0.497 e. The Morgan fingerprint density at radius 3 is 2.48 bits per heavy atom. The molecule has 2 aliphatic rings. The van der Waals surface area contributed by atoms with Crippen molar-refractivity contribution in [3.05, 3.63) is 29.8 Å². The van der Waals surface area contributed by atoms with Crippen LogP contribution in [0.5, 0.6) is 5.75 Å². The van der Waals surface area contributed by atoms with Gasteiger partial charge in [0, 0.05) is 24.0 Å². The number of benzene rings is 1. The van der Waals surface area contributed by atoms with Crippen LogP contribution in [-0.2, 0) is 15.6 Å². The first-order chi connectivity index (χ1) is 12.9. The van der Waals surface area contributed by atoms with Gasteiger partial charge in [-0.25, -0.2) is 9.86 Å². The first-order valence-corrected chi connectivity index (χ1v) is 11.3. The third-order valence-electron chi connectivity index (χ3n) is 6.05. The smallest absolute Gasteiger partial charge is 0.274 e. The zero-order valence-corrected chi connectivity index (χ0v) is 16.9. The molecule has 0 spiro atoms. The second-order valence-electron chi connectivity index (χ2n) is 7.84. The molecule has 0 radical (unpaired) electrons. The van der Waals surface area contributed by atoms with Gasteiger partial charge in [0.2, 0.25) is 0 Å². The molecule has 1 aliphatic carbocycles. The Labute approximate surface area is 162 Å². The molecule has 27 heavy (non-hydrogen) atoms. The molecule has 2 fully saturated rings. The lowest BCUT2D eigenvalue weighted by molar-refractivity contribution is 0.224. The molecule has 1 heterocycles. The summed E-state index contributed by atoms with van der Waals surface area (Å²) in [6.07, 6.45) is 6.20. The summed E-state index contributed by atoms with van der Waals surface area (Å²) in [5, 5.41) is 12.4. The molecule has 3 rings (SSSR count). The van der Waals surface area contributed by atoms with Crippen LogP contribution >= 0.6 is 0 Å². The number of ether oxygens (including phenoxy) is 1. The molecule has 8 heteroatoms. The zero-order valence-electron chi connectivity index (χ0n) is 16.0. The zero-order chi connectivity index (χ0) is 19.3. The van der Waals surface area contributed by atoms with Gasteiger partial charge < -0.3 is 15.4 Å². The van der Waals surface area contributed by atoms with E-state index >= 15 is 0 Å². The molecule has 1 aliphatic heterocycles. The summed E-state index contributed by atoms with van der Waals surface area (Å²) >= 11 is 0. The summed E-state index contributed by atoms with van der Waals surface area (Å²) in [6.45, 7) is 2.48. The summed E-state index contributed by atoms with van der Waals surface area (Å²) in [5.74, 6) is 0.789. The summed E-state index contributed by atoms with van der Waals surface area (Å²) in [7, 11) is -2.08. The molecule has 1 saturated carbocycles. The Hall–Kier alpha value is -1.19. The first-order valence-electron chi connectivity index (χ1n) is 9.79. The van der Waals surface area contributed by atoms with Crippen molar-refractivity contribution in [2.24, 2.45) is 5.14 Å². The van der Waals surface area contributed by atoms with E-state index in [0.29, 0.717) is 18.6 Å². The van der Waals surface area contributed by atoms with E-state index in [1.165, 1.54) is 12.8 Å². The SMILES string of the molecule is COc1cccc(C2(CNS(N)(=O)=O)CCC(NC3CCNCC3)CC2)c1. The average Bonchev–Trinajstić information content (AvgIpc) is 2.68. The van der Waals surface area contributed by atoms with Crippen LogP contribution in [0.15, 0.2) is 24.3 Å². The maximum absolute atomic E-state index is 11.5. The Morgan fingerprint density at radius 2 is 1.85 bits per heavy atom. The van der Waals surface area contributed by atoms with Gasteiger partial charge in [-0.3, -0.25) is 0 Å². The van der Waals surface area contributed by atoms with Crippen LogP contribution in [0.4, 0.5) is 0 Å². The van der Waals surface area contributed by atoms with Crippen LogP contribution in [0.25, 0.3) is 0 Å². The third-order valence-corrected chi connectivity index (χ3v) is 6.59. The van der Waals surface area contributed by atoms with Crippen LogP contribution < -0.4 is 25.2 Å². The van der Waals surface area contributed by atoms with Crippen LogP contribution in [0.2, 0.25) is 0 Å². The molecule has 0 unspecified atom stereocenters. The third kappa shape index (κ3) is 5.65. The van der Waals surface area contributed by atoms with Crippen molar-refractivity contribution >= 4 is 10.2 Å². The predicted molar refractivity (Wildman–Crippen MR) is 107 cm³/mol. The monoisotopic (exact) mass is 396 g/mol. The van der Waals surface area contributed by atoms with Crippen molar-refractivity contribution in [3.8, 4) is 5.75 Å². The quantitative estimate of drug-likeness (QED) is 0.550. The van der Waals surface area contributed by atoms with Crippen molar-refractivity contribution in [2.75, 3.05) is 26.7 Å². The fraction of sp³-hybridized carbons (Fsp3) is 0.684. The molecule has 1 saturated heterocycles. The van der Waals surface area contributed by atoms with Crippen molar-refractivity contribution in [3.63, 3.8) is 0 Å². The number of nitrogens with one attached hydrogen (secondary N) is 3. The fourth-order valence-corrected chi connectivity index (χ4v) is 4.90. The lowest BCUT2D eigenvalue weighted by Crippen LogP contribution is -2.50. The fourth-order valence-electron chi connectivity index (χ4n) is 4.42. The number of hydrogen-bond acceptors (Lipinski definition) is 5. The van der Waals surface area contributed by atoms with Crippen LogP contribution in [-0.4, -0.2) is 47.2 Å². The summed E-state index contributed by atoms with van der Waals surface area (Å²) in [4.78, 5) is 0. The Bertz CT molecular complexity index is 711. The number of piperidine rings is 1. The van der Waals surface area contributed by atoms with E-state index in [9.17, 15) is 8.42 Å². The second kappa shape index (κ2) is 8.87. The van der Waals surface area contributed by atoms with E-state index in [0.717, 1.165) is 50.1 Å². The van der Waals surface area contributed by atoms with Gasteiger partial charge in [0.15, 0.2) is 0 Å². The molecular weight excluding hydrogens is 364 g/mol. The number of methoxy groups -OCH3 is 1. The number of hydrogen-bond donors (Lipinski definition) is 4. The lowest BCUT2D eigenvalue weighted by Gasteiger charge is -2.42. The average molecular weight is 397 g/mol. The van der Waals surface area contributed by atoms with Gasteiger partial charge in [-0.1, -0.05) is 12.1 Å². The minimum absolute atomic E-state index is 0.257. The molecule has 152 valence electrons. The highest BCUT2D eigenvalue weighted by Crippen LogP contribution is 2.40. The van der Waals surface area contributed by atoms with Gasteiger partial charge in [0.1, 0.15) is 5.75 Å². The second-order valence-corrected chi connectivity index (χ2v) is 9.22. The van der Waals surface area contributed by atoms with Crippen LogP contribution in [0.1, 0.15) is 44.1 Å². The van der Waals surface area contributed by atoms with E-state index in [2.05, 4.69) is 21.4 Å². The van der Waals surface area contributed by atoms with E-state index in [1.54, 1.807) is 7.11 Å². The number of rotatable bonds is 7. The van der Waals surface area contributed by atoms with E-state index in [4.69, 9.17) is 9.88 Å². The topological polar surface area (TPSA) is 105 Å². The Balaban J connectivity index is 1.71. The van der Waals surface area contributed by atoms with E-state index in [1.807, 2.05) is 18.2 Å². The van der Waals surface area contributed by atoms with Gasteiger partial charge in [-0.2, -0.15) is 8.42 Å². The first kappa shape index (κ1) is 20.5. The molecule has 7 nitrogen and oxygen atoms in total. The summed E-state index contributed by atoms with van der Waals surface area (Å²) in [6, 6.07) is 9.03. The highest BCUT2D eigenvalue weighted by atomic mass is 32.2. The lowest BCUT2D eigenvalue weighted by atomic mass is 9.68. The summed E-state index contributed by atoms with van der Waals surface area (Å²) in [5.41, 5.74) is 0.853. The maximum Gasteiger partial charge on any atom is 0.274 e. The van der Waals surface area contributed by atoms with Gasteiger partial charge in [-0.15, -0.1) is 0 Å². The van der Waals surface area contributed by atoms with Gasteiger partial charge in [0.05, 0.1) is 7.11 Å². The van der Waals surface area contributed by atoms with E-state index in [-0.39, 0.29) is 5.41 Å². The van der Waals surface area contributed by atoms with Crippen molar-refractivity contribution in [2.45, 2.75) is 56.0 Å². The summed E-state index contributed by atoms with van der Waals surface area (Å²) < 4.78 is 31.0. The molecule has 0 bridgehead atoms. The minimum Gasteiger partial charge on any atom is -0.497 e. The number of nitrogens with two attached hydrogens (primary N) is 1. The molecule has 5 N–H and O–H groups in total. The Kier molecular flexibility index (Phi) is 6.75. The molecule has 0 amide bonds. The minimum atomic E-state index is -3.73. The molecular formula is C19H32N4O3S. The maximum atomic E-state index is 11.5.